The summed E-state index contributed by atoms with van der Waals surface area (Å²) in [6.45, 7) is 5.97. The van der Waals surface area contributed by atoms with Crippen molar-refractivity contribution in [3.8, 4) is 5.75 Å². The van der Waals surface area contributed by atoms with E-state index in [1.54, 1.807) is 7.11 Å². The Morgan fingerprint density at radius 2 is 2.00 bits per heavy atom. The number of rotatable bonds is 11. The monoisotopic (exact) mass is 446 g/mol. The van der Waals surface area contributed by atoms with Crippen LogP contribution in [0.15, 0.2) is 53.7 Å². The van der Waals surface area contributed by atoms with E-state index in [0.717, 1.165) is 22.6 Å². The first-order valence-corrected chi connectivity index (χ1v) is 10.9. The van der Waals surface area contributed by atoms with Gasteiger partial charge >= 0.3 is 0 Å². The molecule has 1 heterocycles. The summed E-state index contributed by atoms with van der Waals surface area (Å²) >= 11 is 6.16. The van der Waals surface area contributed by atoms with Gasteiger partial charge in [0.15, 0.2) is 0 Å². The van der Waals surface area contributed by atoms with Crippen molar-refractivity contribution < 1.29 is 19.4 Å². The molecule has 2 atom stereocenters. The molecule has 0 radical (unpaired) electrons. The lowest BCUT2D eigenvalue weighted by atomic mass is 10.0. The average Bonchev–Trinajstić information content (AvgIpc) is 3.20. The lowest BCUT2D eigenvalue weighted by Crippen LogP contribution is -2.39. The Hall–Kier alpha value is -2.12. The predicted octanol–water partition coefficient (Wildman–Crippen LogP) is 4.13. The lowest BCUT2D eigenvalue weighted by molar-refractivity contribution is -0.0194. The Bertz CT molecular complexity index is 857. The van der Waals surface area contributed by atoms with Crippen molar-refractivity contribution in [1.29, 1.82) is 0 Å². The second-order valence-corrected chi connectivity index (χ2v) is 8.49. The van der Waals surface area contributed by atoms with Crippen LogP contribution in [0.2, 0.25) is 5.02 Å². The maximum Gasteiger partial charge on any atom is 0.145 e. The second-order valence-electron chi connectivity index (χ2n) is 8.06. The van der Waals surface area contributed by atoms with Crippen LogP contribution in [-0.4, -0.2) is 60.8 Å². The fourth-order valence-corrected chi connectivity index (χ4v) is 3.73. The number of aliphatic hydroxyl groups excluding tert-OH is 1. The summed E-state index contributed by atoms with van der Waals surface area (Å²) in [6, 6.07) is 15.6. The Labute approximate surface area is 189 Å². The van der Waals surface area contributed by atoms with Crippen molar-refractivity contribution in [3.63, 3.8) is 0 Å². The number of aliphatic hydroxyl groups is 1. The van der Waals surface area contributed by atoms with Crippen molar-refractivity contribution >= 4 is 17.3 Å². The van der Waals surface area contributed by atoms with E-state index in [1.807, 2.05) is 62.4 Å². The molecule has 2 aromatic rings. The molecule has 31 heavy (non-hydrogen) atoms. The van der Waals surface area contributed by atoms with Crippen LogP contribution in [0, 0.1) is 0 Å². The Balaban J connectivity index is 1.62. The standard InChI is InChI=1S/C24H31ClN2O4/c1-17(2)30-16-21(28)14-27(13-18-5-4-6-20(25)11-18)15-23-12-24(26-31-23)19-7-9-22(29-3)10-8-19/h4-11,17,21,23,28H,12-16H2,1-3H3/t21-,23-/m1/s1. The minimum absolute atomic E-state index is 0.0784. The largest absolute Gasteiger partial charge is 0.497 e. The molecule has 1 aliphatic rings. The van der Waals surface area contributed by atoms with Crippen LogP contribution in [0.25, 0.3) is 0 Å². The fraction of sp³-hybridized carbons (Fsp3) is 0.458. The van der Waals surface area contributed by atoms with Gasteiger partial charge in [-0.25, -0.2) is 0 Å². The van der Waals surface area contributed by atoms with Crippen LogP contribution in [0.1, 0.15) is 31.4 Å². The van der Waals surface area contributed by atoms with Crippen LogP contribution < -0.4 is 4.74 Å². The van der Waals surface area contributed by atoms with Gasteiger partial charge in [-0.2, -0.15) is 0 Å². The molecule has 0 amide bonds. The number of ether oxygens (including phenoxy) is 2. The average molecular weight is 447 g/mol. The molecule has 168 valence electrons. The zero-order valence-corrected chi connectivity index (χ0v) is 19.1. The normalized spacial score (nSPS) is 17.0. The van der Waals surface area contributed by atoms with E-state index in [0.29, 0.717) is 37.7 Å². The third-order valence-corrected chi connectivity index (χ3v) is 5.24. The van der Waals surface area contributed by atoms with E-state index >= 15 is 0 Å². The first-order valence-electron chi connectivity index (χ1n) is 10.6. The molecule has 6 nitrogen and oxygen atoms in total. The van der Waals surface area contributed by atoms with Crippen molar-refractivity contribution in [3.05, 3.63) is 64.7 Å². The smallest absolute Gasteiger partial charge is 0.145 e. The number of nitrogens with zero attached hydrogens (tertiary/aromatic N) is 2. The quantitative estimate of drug-likeness (QED) is 0.562. The molecular weight excluding hydrogens is 416 g/mol. The Kier molecular flexibility index (Phi) is 8.72. The number of oxime groups is 1. The van der Waals surface area contributed by atoms with E-state index in [2.05, 4.69) is 10.1 Å². The van der Waals surface area contributed by atoms with Crippen molar-refractivity contribution in [2.45, 2.75) is 45.1 Å². The molecule has 7 heteroatoms. The highest BCUT2D eigenvalue weighted by atomic mass is 35.5. The van der Waals surface area contributed by atoms with E-state index in [1.165, 1.54) is 0 Å². The molecule has 1 aliphatic heterocycles. The van der Waals surface area contributed by atoms with Gasteiger partial charge in [-0.1, -0.05) is 28.9 Å². The minimum atomic E-state index is -0.593. The van der Waals surface area contributed by atoms with Crippen LogP contribution in [-0.2, 0) is 16.1 Å². The molecule has 0 aromatic heterocycles. The Morgan fingerprint density at radius 1 is 1.23 bits per heavy atom. The van der Waals surface area contributed by atoms with Crippen LogP contribution in [0.3, 0.4) is 0 Å². The van der Waals surface area contributed by atoms with Gasteiger partial charge in [-0.05, 0) is 61.4 Å². The van der Waals surface area contributed by atoms with Gasteiger partial charge in [0, 0.05) is 31.1 Å². The molecule has 0 saturated carbocycles. The van der Waals surface area contributed by atoms with E-state index < -0.39 is 6.10 Å². The van der Waals surface area contributed by atoms with Crippen LogP contribution in [0.5, 0.6) is 5.75 Å². The second kappa shape index (κ2) is 11.5. The highest BCUT2D eigenvalue weighted by molar-refractivity contribution is 6.30. The molecule has 0 saturated heterocycles. The van der Waals surface area contributed by atoms with Crippen molar-refractivity contribution in [1.82, 2.24) is 4.90 Å². The zero-order chi connectivity index (χ0) is 22.2. The molecule has 3 rings (SSSR count). The number of benzene rings is 2. The molecule has 0 bridgehead atoms. The minimum Gasteiger partial charge on any atom is -0.497 e. The first kappa shape index (κ1) is 23.5. The summed E-state index contributed by atoms with van der Waals surface area (Å²) in [5.74, 6) is 0.810. The SMILES string of the molecule is COc1ccc(C2=NO[C@@H](CN(Cc3cccc(Cl)c3)C[C@@H](O)COC(C)C)C2)cc1. The van der Waals surface area contributed by atoms with Gasteiger partial charge in [-0.15, -0.1) is 0 Å². The molecular formula is C24H31ClN2O4. The van der Waals surface area contributed by atoms with Gasteiger partial charge in [0.1, 0.15) is 11.9 Å². The first-order chi connectivity index (χ1) is 14.9. The summed E-state index contributed by atoms with van der Waals surface area (Å²) in [5, 5.41) is 15.5. The molecule has 0 unspecified atom stereocenters. The van der Waals surface area contributed by atoms with Gasteiger partial charge in [0.25, 0.3) is 0 Å². The summed E-state index contributed by atoms with van der Waals surface area (Å²) in [4.78, 5) is 7.89. The third kappa shape index (κ3) is 7.51. The molecule has 0 spiro atoms. The van der Waals surface area contributed by atoms with Crippen LogP contribution in [0.4, 0.5) is 0 Å². The molecule has 0 aliphatic carbocycles. The summed E-state index contributed by atoms with van der Waals surface area (Å²) < 4.78 is 10.8. The van der Waals surface area contributed by atoms with Gasteiger partial charge in [-0.3, -0.25) is 4.90 Å². The van der Waals surface area contributed by atoms with Gasteiger partial charge < -0.3 is 19.4 Å². The van der Waals surface area contributed by atoms with Crippen LogP contribution >= 0.6 is 11.6 Å². The van der Waals surface area contributed by atoms with Gasteiger partial charge in [0.2, 0.25) is 0 Å². The maximum absolute atomic E-state index is 10.5. The lowest BCUT2D eigenvalue weighted by Gasteiger charge is -2.27. The highest BCUT2D eigenvalue weighted by Gasteiger charge is 2.26. The van der Waals surface area contributed by atoms with E-state index in [9.17, 15) is 5.11 Å². The number of methoxy groups -OCH3 is 1. The summed E-state index contributed by atoms with van der Waals surface area (Å²) in [6.07, 6.45) is 0.103. The highest BCUT2D eigenvalue weighted by Crippen LogP contribution is 2.21. The Morgan fingerprint density at radius 3 is 2.68 bits per heavy atom. The topological polar surface area (TPSA) is 63.5 Å². The summed E-state index contributed by atoms with van der Waals surface area (Å²) in [5.41, 5.74) is 3.02. The molecule has 1 N–H and O–H groups in total. The number of hydrogen-bond acceptors (Lipinski definition) is 6. The number of halogens is 1. The van der Waals surface area contributed by atoms with Gasteiger partial charge in [0.05, 0.1) is 31.6 Å². The summed E-state index contributed by atoms with van der Waals surface area (Å²) in [7, 11) is 1.65. The zero-order valence-electron chi connectivity index (χ0n) is 18.3. The van der Waals surface area contributed by atoms with E-state index in [4.69, 9.17) is 25.9 Å². The van der Waals surface area contributed by atoms with Crippen molar-refractivity contribution in [2.75, 3.05) is 26.8 Å². The number of hydrogen-bond donors (Lipinski definition) is 1. The molecule has 0 fully saturated rings. The van der Waals surface area contributed by atoms with E-state index in [-0.39, 0.29) is 12.2 Å². The third-order valence-electron chi connectivity index (χ3n) is 5.00. The maximum atomic E-state index is 10.5. The fourth-order valence-electron chi connectivity index (χ4n) is 3.52. The predicted molar refractivity (Wildman–Crippen MR) is 123 cm³/mol. The van der Waals surface area contributed by atoms with Crippen molar-refractivity contribution in [2.24, 2.45) is 5.16 Å². The molecule has 2 aromatic carbocycles.